The van der Waals surface area contributed by atoms with Crippen LogP contribution in [0.3, 0.4) is 0 Å². The average molecular weight is 500 g/mol. The highest BCUT2D eigenvalue weighted by Gasteiger charge is 2.35. The van der Waals surface area contributed by atoms with E-state index in [1.54, 1.807) is 11.8 Å². The Balaban J connectivity index is 1.66. The lowest BCUT2D eigenvalue weighted by Crippen LogP contribution is -2.42. The van der Waals surface area contributed by atoms with Gasteiger partial charge in [0.2, 0.25) is 0 Å². The average Bonchev–Trinajstić information content (AvgIpc) is 3.45. The number of amides is 2. The number of fused-ring (bicyclic) bond motifs is 3. The first-order valence-corrected chi connectivity index (χ1v) is 13.7. The van der Waals surface area contributed by atoms with Crippen LogP contribution in [0.5, 0.6) is 0 Å². The Morgan fingerprint density at radius 3 is 2.53 bits per heavy atom. The van der Waals surface area contributed by atoms with Crippen molar-refractivity contribution < 1.29 is 4.79 Å². The van der Waals surface area contributed by atoms with Crippen molar-refractivity contribution in [2.45, 2.75) is 44.7 Å². The van der Waals surface area contributed by atoms with E-state index in [1.807, 2.05) is 34.7 Å². The summed E-state index contributed by atoms with van der Waals surface area (Å²) in [6, 6.07) is 22.6. The molecule has 6 nitrogen and oxygen atoms in total. The number of carbonyl (C=O) groups is 1. The maximum atomic E-state index is 13.7. The molecule has 0 bridgehead atoms. The molecular formula is C29H33N5OS. The summed E-state index contributed by atoms with van der Waals surface area (Å²) >= 11 is 1.72. The number of hydrogen-bond donors (Lipinski definition) is 1. The summed E-state index contributed by atoms with van der Waals surface area (Å²) in [7, 11) is 0. The van der Waals surface area contributed by atoms with Gasteiger partial charge in [-0.05, 0) is 67.5 Å². The second-order valence-electron chi connectivity index (χ2n) is 9.66. The highest BCUT2D eigenvalue weighted by molar-refractivity contribution is 7.98. The van der Waals surface area contributed by atoms with Crippen LogP contribution in [0.15, 0.2) is 77.8 Å². The van der Waals surface area contributed by atoms with Gasteiger partial charge in [0, 0.05) is 23.2 Å². The van der Waals surface area contributed by atoms with Gasteiger partial charge < -0.3 is 14.8 Å². The predicted octanol–water partition coefficient (Wildman–Crippen LogP) is 6.35. The minimum Gasteiger partial charge on any atom is -0.338 e. The van der Waals surface area contributed by atoms with Gasteiger partial charge in [-0.25, -0.2) is 9.48 Å². The van der Waals surface area contributed by atoms with E-state index in [1.165, 1.54) is 4.90 Å². The Morgan fingerprint density at radius 2 is 1.83 bits per heavy atom. The molecular weight excluding hydrogens is 466 g/mol. The van der Waals surface area contributed by atoms with E-state index >= 15 is 0 Å². The van der Waals surface area contributed by atoms with Crippen LogP contribution in [0, 0.1) is 12.8 Å². The highest BCUT2D eigenvalue weighted by atomic mass is 32.2. The van der Waals surface area contributed by atoms with Gasteiger partial charge in [0.25, 0.3) is 0 Å². The molecule has 2 aromatic heterocycles. The van der Waals surface area contributed by atoms with Crippen LogP contribution in [-0.4, -0.2) is 38.1 Å². The molecule has 1 atom stereocenters. The molecule has 7 heteroatoms. The Labute approximate surface area is 217 Å². The first-order chi connectivity index (χ1) is 17.5. The molecule has 1 N–H and O–H groups in total. The molecule has 2 aromatic carbocycles. The number of para-hydroxylation sites is 1. The summed E-state index contributed by atoms with van der Waals surface area (Å²) in [5.41, 5.74) is 5.11. The third-order valence-corrected chi connectivity index (χ3v) is 7.52. The molecule has 0 saturated heterocycles. The topological polar surface area (TPSA) is 55.1 Å². The van der Waals surface area contributed by atoms with Crippen LogP contribution < -0.4 is 5.32 Å². The molecule has 0 unspecified atom stereocenters. The summed E-state index contributed by atoms with van der Waals surface area (Å²) in [6.45, 7) is 7.51. The van der Waals surface area contributed by atoms with Gasteiger partial charge in [0.15, 0.2) is 0 Å². The number of carbonyl (C=O) groups excluding carboxylic acids is 1. The van der Waals surface area contributed by atoms with Crippen LogP contribution in [-0.2, 0) is 6.54 Å². The Kier molecular flexibility index (Phi) is 6.92. The number of rotatable bonds is 6. The van der Waals surface area contributed by atoms with Crippen LogP contribution in [0.2, 0.25) is 0 Å². The van der Waals surface area contributed by atoms with E-state index in [0.29, 0.717) is 19.0 Å². The maximum Gasteiger partial charge on any atom is 0.318 e. The van der Waals surface area contributed by atoms with Crippen LogP contribution in [0.1, 0.15) is 48.8 Å². The Hall–Kier alpha value is -3.45. The van der Waals surface area contributed by atoms with E-state index in [-0.39, 0.29) is 12.1 Å². The van der Waals surface area contributed by atoms with Crippen molar-refractivity contribution in [2.24, 2.45) is 5.92 Å². The minimum atomic E-state index is -0.231. The van der Waals surface area contributed by atoms with Gasteiger partial charge in [-0.1, -0.05) is 44.2 Å². The quantitative estimate of drug-likeness (QED) is 0.314. The van der Waals surface area contributed by atoms with E-state index in [0.717, 1.165) is 40.4 Å². The molecule has 186 valence electrons. The second-order valence-corrected chi connectivity index (χ2v) is 10.5. The van der Waals surface area contributed by atoms with E-state index in [9.17, 15) is 4.79 Å². The zero-order chi connectivity index (χ0) is 25.2. The summed E-state index contributed by atoms with van der Waals surface area (Å²) in [5, 5.41) is 8.11. The van der Waals surface area contributed by atoms with Crippen molar-refractivity contribution in [1.82, 2.24) is 24.6 Å². The normalized spacial score (nSPS) is 14.9. The number of benzene rings is 2. The van der Waals surface area contributed by atoms with Gasteiger partial charge in [-0.3, -0.25) is 0 Å². The monoisotopic (exact) mass is 499 g/mol. The largest absolute Gasteiger partial charge is 0.338 e. The Morgan fingerprint density at radius 1 is 1.08 bits per heavy atom. The maximum absolute atomic E-state index is 13.7. The zero-order valence-electron chi connectivity index (χ0n) is 21.3. The predicted molar refractivity (Wildman–Crippen MR) is 146 cm³/mol. The van der Waals surface area contributed by atoms with Crippen LogP contribution >= 0.6 is 11.8 Å². The lowest BCUT2D eigenvalue weighted by atomic mass is 10.0. The number of urea groups is 1. The van der Waals surface area contributed by atoms with E-state index in [4.69, 9.17) is 5.10 Å². The summed E-state index contributed by atoms with van der Waals surface area (Å²) in [4.78, 5) is 16.9. The first-order valence-electron chi connectivity index (χ1n) is 12.5. The van der Waals surface area contributed by atoms with Crippen LogP contribution in [0.25, 0.3) is 11.5 Å². The lowest BCUT2D eigenvalue weighted by Gasteiger charge is -2.31. The molecule has 5 rings (SSSR count). The fourth-order valence-electron chi connectivity index (χ4n) is 4.86. The van der Waals surface area contributed by atoms with Crippen molar-refractivity contribution in [3.05, 3.63) is 95.4 Å². The number of aryl methyl sites for hydroxylation is 1. The molecule has 0 fully saturated rings. The van der Waals surface area contributed by atoms with Gasteiger partial charge in [-0.2, -0.15) is 5.10 Å². The first kappa shape index (κ1) is 24.3. The number of nitrogens with one attached hydrogen (secondary N) is 1. The minimum absolute atomic E-state index is 0.0537. The molecule has 1 aliphatic rings. The van der Waals surface area contributed by atoms with Gasteiger partial charge in [0.05, 0.1) is 29.7 Å². The van der Waals surface area contributed by atoms with Crippen molar-refractivity contribution in [1.29, 1.82) is 0 Å². The summed E-state index contributed by atoms with van der Waals surface area (Å²) in [5.74, 6) is 1.52. The second kappa shape index (κ2) is 10.3. The molecule has 2 amide bonds. The van der Waals surface area contributed by atoms with Crippen molar-refractivity contribution in [3.8, 4) is 11.5 Å². The highest BCUT2D eigenvalue weighted by Crippen LogP contribution is 2.38. The molecule has 1 aliphatic heterocycles. The van der Waals surface area contributed by atoms with Gasteiger partial charge >= 0.3 is 6.03 Å². The summed E-state index contributed by atoms with van der Waals surface area (Å²) < 4.78 is 4.21. The summed E-state index contributed by atoms with van der Waals surface area (Å²) in [6.07, 6.45) is 5.10. The molecule has 0 radical (unpaired) electrons. The molecule has 0 spiro atoms. The van der Waals surface area contributed by atoms with Crippen molar-refractivity contribution >= 4 is 17.8 Å². The van der Waals surface area contributed by atoms with Crippen molar-refractivity contribution in [2.75, 3.05) is 12.8 Å². The standard InChI is InChI=1S/C29H33N5OS/c1-20(2)16-17-30-29(35)33-19-25-21(3)31-34(23-9-6-5-7-10-23)28(25)32-18-8-11-26(32)27(33)22-12-14-24(36-4)15-13-22/h5-15,18,20,27H,16-17,19H2,1-4H3,(H,30,35)/t27-/m1/s1. The SMILES string of the molecule is CSc1ccc([C@@H]2c3cccn3-c3c(c(C)nn3-c3ccccc3)CN2C(=O)NCCC(C)C)cc1. The van der Waals surface area contributed by atoms with Gasteiger partial charge in [-0.15, -0.1) is 11.8 Å². The van der Waals surface area contributed by atoms with E-state index < -0.39 is 0 Å². The molecule has 4 aromatic rings. The molecule has 3 heterocycles. The van der Waals surface area contributed by atoms with Crippen molar-refractivity contribution in [3.63, 3.8) is 0 Å². The third kappa shape index (κ3) is 4.55. The smallest absolute Gasteiger partial charge is 0.318 e. The van der Waals surface area contributed by atoms with Crippen LogP contribution in [0.4, 0.5) is 4.79 Å². The molecule has 0 aliphatic carbocycles. The fraction of sp³-hybridized carbons (Fsp3) is 0.310. The van der Waals surface area contributed by atoms with Gasteiger partial charge in [0.1, 0.15) is 5.82 Å². The third-order valence-electron chi connectivity index (χ3n) is 6.78. The number of hydrogen-bond acceptors (Lipinski definition) is 3. The Bertz CT molecular complexity index is 1340. The molecule has 0 saturated carbocycles. The number of thioether (sulfide) groups is 1. The molecule has 36 heavy (non-hydrogen) atoms. The number of aromatic nitrogens is 3. The lowest BCUT2D eigenvalue weighted by molar-refractivity contribution is 0.180. The number of nitrogens with zero attached hydrogens (tertiary/aromatic N) is 4. The van der Waals surface area contributed by atoms with E-state index in [2.05, 4.69) is 84.7 Å². The zero-order valence-corrected chi connectivity index (χ0v) is 22.1. The fourth-order valence-corrected chi connectivity index (χ4v) is 5.26.